The summed E-state index contributed by atoms with van der Waals surface area (Å²) < 4.78 is 0. The Labute approximate surface area is 132 Å². The van der Waals surface area contributed by atoms with E-state index in [-0.39, 0.29) is 17.6 Å². The number of benzene rings is 1. The largest absolute Gasteiger partial charge is 0.395 e. The van der Waals surface area contributed by atoms with Gasteiger partial charge < -0.3 is 10.6 Å². The van der Waals surface area contributed by atoms with Crippen LogP contribution in [-0.2, 0) is 4.84 Å². The summed E-state index contributed by atoms with van der Waals surface area (Å²) in [6, 6.07) is 5.26. The molecule has 0 aromatic heterocycles. The van der Waals surface area contributed by atoms with E-state index in [1.54, 1.807) is 12.1 Å². The average Bonchev–Trinajstić information content (AvgIpc) is 2.31. The SMILES string of the molecule is C/C(=N/OCCSC(=N)N)c1ccc(Cl)c(Cl)c1.Cl. The van der Waals surface area contributed by atoms with E-state index in [1.165, 1.54) is 11.8 Å². The molecule has 19 heavy (non-hydrogen) atoms. The molecule has 0 heterocycles. The Morgan fingerprint density at radius 2 is 2.11 bits per heavy atom. The van der Waals surface area contributed by atoms with Crippen molar-refractivity contribution in [3.8, 4) is 0 Å². The van der Waals surface area contributed by atoms with Gasteiger partial charge in [0.05, 0.1) is 15.8 Å². The van der Waals surface area contributed by atoms with E-state index in [1.807, 2.05) is 13.0 Å². The predicted octanol–water partition coefficient (Wildman–Crippen LogP) is 3.78. The lowest BCUT2D eigenvalue weighted by Crippen LogP contribution is -2.06. The van der Waals surface area contributed by atoms with Crippen LogP contribution in [0.3, 0.4) is 0 Å². The molecule has 0 aliphatic carbocycles. The van der Waals surface area contributed by atoms with Crippen molar-refractivity contribution in [3.63, 3.8) is 0 Å². The molecule has 0 saturated carbocycles. The van der Waals surface area contributed by atoms with Crippen molar-refractivity contribution in [1.82, 2.24) is 0 Å². The molecule has 0 saturated heterocycles. The maximum Gasteiger partial charge on any atom is 0.151 e. The number of nitrogens with zero attached hydrogens (tertiary/aromatic N) is 1. The lowest BCUT2D eigenvalue weighted by Gasteiger charge is -2.03. The van der Waals surface area contributed by atoms with Crippen LogP contribution in [0.4, 0.5) is 0 Å². The van der Waals surface area contributed by atoms with Gasteiger partial charge in [0.25, 0.3) is 0 Å². The standard InChI is InChI=1S/C11H13Cl2N3OS.ClH/c1-7(16-17-4-5-18-11(14)15)8-2-3-9(12)10(13)6-8;/h2-3,6H,4-5H2,1H3,(H3,14,15);1H/b16-7-;. The lowest BCUT2D eigenvalue weighted by atomic mass is 10.1. The fourth-order valence-electron chi connectivity index (χ4n) is 1.11. The van der Waals surface area contributed by atoms with Gasteiger partial charge in [-0.2, -0.15) is 0 Å². The zero-order chi connectivity index (χ0) is 13.5. The first kappa shape index (κ1) is 18.4. The molecule has 0 spiro atoms. The number of oxime groups is 1. The fraction of sp³-hybridized carbons (Fsp3) is 0.273. The van der Waals surface area contributed by atoms with E-state index in [0.29, 0.717) is 28.1 Å². The minimum Gasteiger partial charge on any atom is -0.395 e. The van der Waals surface area contributed by atoms with Gasteiger partial charge in [-0.1, -0.05) is 46.2 Å². The molecule has 8 heteroatoms. The average molecular weight is 343 g/mol. The first-order valence-electron chi connectivity index (χ1n) is 5.09. The van der Waals surface area contributed by atoms with Gasteiger partial charge in [-0.25, -0.2) is 0 Å². The van der Waals surface area contributed by atoms with Crippen LogP contribution < -0.4 is 5.73 Å². The van der Waals surface area contributed by atoms with Crippen LogP contribution in [0.25, 0.3) is 0 Å². The Bertz CT molecular complexity index is 468. The molecule has 1 rings (SSSR count). The number of thioether (sulfide) groups is 1. The molecule has 3 N–H and O–H groups in total. The number of amidine groups is 1. The van der Waals surface area contributed by atoms with Crippen LogP contribution >= 0.6 is 47.4 Å². The Hall–Kier alpha value is -0.620. The van der Waals surface area contributed by atoms with E-state index in [4.69, 9.17) is 39.2 Å². The Balaban J connectivity index is 0.00000324. The topological polar surface area (TPSA) is 71.5 Å². The number of halogens is 3. The van der Waals surface area contributed by atoms with Crippen LogP contribution in [0.5, 0.6) is 0 Å². The maximum absolute atomic E-state index is 7.01. The molecule has 0 aliphatic rings. The second-order valence-electron chi connectivity index (χ2n) is 3.35. The van der Waals surface area contributed by atoms with Crippen molar-refractivity contribution in [1.29, 1.82) is 5.41 Å². The molecule has 0 bridgehead atoms. The minimum absolute atomic E-state index is 0. The number of nitrogens with two attached hydrogens (primary N) is 1. The Kier molecular flexibility index (Phi) is 9.01. The molecule has 1 aromatic rings. The Morgan fingerprint density at radius 1 is 1.42 bits per heavy atom. The summed E-state index contributed by atoms with van der Waals surface area (Å²) in [5, 5.41) is 12.0. The van der Waals surface area contributed by atoms with Crippen molar-refractivity contribution in [2.75, 3.05) is 12.4 Å². The molecule has 1 aromatic carbocycles. The van der Waals surface area contributed by atoms with Gasteiger partial charge in [-0.15, -0.1) is 12.4 Å². The van der Waals surface area contributed by atoms with Crippen LogP contribution in [-0.4, -0.2) is 23.2 Å². The first-order valence-corrected chi connectivity index (χ1v) is 6.83. The second kappa shape index (κ2) is 9.31. The monoisotopic (exact) mass is 341 g/mol. The van der Waals surface area contributed by atoms with E-state index >= 15 is 0 Å². The maximum atomic E-state index is 7.01. The normalized spacial score (nSPS) is 10.8. The summed E-state index contributed by atoms with van der Waals surface area (Å²) in [6.45, 7) is 2.21. The van der Waals surface area contributed by atoms with E-state index in [0.717, 1.165) is 5.56 Å². The zero-order valence-corrected chi connectivity index (χ0v) is 13.3. The summed E-state index contributed by atoms with van der Waals surface area (Å²) in [6.07, 6.45) is 0. The molecule has 4 nitrogen and oxygen atoms in total. The van der Waals surface area contributed by atoms with Gasteiger partial charge in [-0.3, -0.25) is 5.41 Å². The highest BCUT2D eigenvalue weighted by Gasteiger charge is 2.02. The van der Waals surface area contributed by atoms with Gasteiger partial charge in [0, 0.05) is 11.3 Å². The smallest absolute Gasteiger partial charge is 0.151 e. The highest BCUT2D eigenvalue weighted by molar-refractivity contribution is 8.13. The summed E-state index contributed by atoms with van der Waals surface area (Å²) in [5.41, 5.74) is 6.74. The number of nitrogens with one attached hydrogen (secondary N) is 1. The van der Waals surface area contributed by atoms with Crippen LogP contribution in [0.15, 0.2) is 23.4 Å². The molecular weight excluding hydrogens is 329 g/mol. The van der Waals surface area contributed by atoms with Gasteiger partial charge in [0.1, 0.15) is 6.61 Å². The van der Waals surface area contributed by atoms with Gasteiger partial charge in [-0.05, 0) is 19.1 Å². The Morgan fingerprint density at radius 3 is 2.68 bits per heavy atom. The first-order chi connectivity index (χ1) is 8.50. The molecule has 0 atom stereocenters. The molecule has 0 amide bonds. The van der Waals surface area contributed by atoms with Gasteiger partial charge >= 0.3 is 0 Å². The van der Waals surface area contributed by atoms with Crippen molar-refractivity contribution in [2.45, 2.75) is 6.92 Å². The van der Waals surface area contributed by atoms with E-state index in [2.05, 4.69) is 5.16 Å². The molecule has 0 fully saturated rings. The molecule has 0 unspecified atom stereocenters. The predicted molar refractivity (Wildman–Crippen MR) is 86.2 cm³/mol. The van der Waals surface area contributed by atoms with Crippen LogP contribution in [0, 0.1) is 5.41 Å². The summed E-state index contributed by atoms with van der Waals surface area (Å²) in [4.78, 5) is 5.11. The summed E-state index contributed by atoms with van der Waals surface area (Å²) >= 11 is 12.9. The van der Waals surface area contributed by atoms with E-state index in [9.17, 15) is 0 Å². The van der Waals surface area contributed by atoms with Crippen molar-refractivity contribution in [2.24, 2.45) is 10.9 Å². The zero-order valence-electron chi connectivity index (χ0n) is 10.2. The third-order valence-corrected chi connectivity index (χ3v) is 3.39. The minimum atomic E-state index is 0. The summed E-state index contributed by atoms with van der Waals surface area (Å²) in [5.74, 6) is 0.591. The highest BCUT2D eigenvalue weighted by Crippen LogP contribution is 2.22. The number of rotatable bonds is 5. The summed E-state index contributed by atoms with van der Waals surface area (Å²) in [7, 11) is 0. The number of hydrogen-bond acceptors (Lipinski definition) is 4. The van der Waals surface area contributed by atoms with Crippen LogP contribution in [0.2, 0.25) is 10.0 Å². The third-order valence-electron chi connectivity index (χ3n) is 1.97. The van der Waals surface area contributed by atoms with E-state index < -0.39 is 0 Å². The molecule has 106 valence electrons. The molecular formula is C11H14Cl3N3OS. The highest BCUT2D eigenvalue weighted by atomic mass is 35.5. The third kappa shape index (κ3) is 6.92. The van der Waals surface area contributed by atoms with Crippen molar-refractivity contribution in [3.05, 3.63) is 33.8 Å². The van der Waals surface area contributed by atoms with Gasteiger partial charge in [0.15, 0.2) is 5.17 Å². The van der Waals surface area contributed by atoms with Gasteiger partial charge in [0.2, 0.25) is 0 Å². The fourth-order valence-corrected chi connectivity index (χ4v) is 1.78. The number of hydrogen-bond donors (Lipinski definition) is 2. The second-order valence-corrected chi connectivity index (χ2v) is 5.30. The van der Waals surface area contributed by atoms with Crippen LogP contribution in [0.1, 0.15) is 12.5 Å². The molecule has 0 radical (unpaired) electrons. The molecule has 0 aliphatic heterocycles. The van der Waals surface area contributed by atoms with Crippen molar-refractivity contribution < 1.29 is 4.84 Å². The quantitative estimate of drug-likeness (QED) is 0.370. The van der Waals surface area contributed by atoms with Crippen molar-refractivity contribution >= 4 is 58.3 Å². The lowest BCUT2D eigenvalue weighted by molar-refractivity contribution is 0.161.